The first-order chi connectivity index (χ1) is 12.0. The van der Waals surface area contributed by atoms with Crippen LogP contribution < -0.4 is 0 Å². The Morgan fingerprint density at radius 1 is 1.28 bits per heavy atom. The number of carboxylic acids is 1. The van der Waals surface area contributed by atoms with Crippen LogP contribution in [-0.2, 0) is 31.2 Å². The largest absolute Gasteiger partial charge is 0.476 e. The molecule has 0 fully saturated rings. The predicted octanol–water partition coefficient (Wildman–Crippen LogP) is 2.12. The van der Waals surface area contributed by atoms with E-state index in [9.17, 15) is 14.7 Å². The Hall–Kier alpha value is -2.63. The van der Waals surface area contributed by atoms with Gasteiger partial charge in [-0.1, -0.05) is 24.3 Å². The molecule has 1 aromatic carbocycles. The Kier molecular flexibility index (Phi) is 3.82. The molecule has 2 heterocycles. The van der Waals surface area contributed by atoms with Crippen LogP contribution in [0.3, 0.4) is 0 Å². The number of aryl methyl sites for hydroxylation is 2. The van der Waals surface area contributed by atoms with E-state index < -0.39 is 5.97 Å². The molecule has 6 nitrogen and oxygen atoms in total. The highest BCUT2D eigenvalue weighted by atomic mass is 16.4. The Bertz CT molecular complexity index is 856. The van der Waals surface area contributed by atoms with Crippen LogP contribution in [0.5, 0.6) is 0 Å². The average Bonchev–Trinajstić information content (AvgIpc) is 3.16. The highest BCUT2D eigenvalue weighted by molar-refractivity contribution is 5.88. The van der Waals surface area contributed by atoms with Gasteiger partial charge in [0.25, 0.3) is 0 Å². The summed E-state index contributed by atoms with van der Waals surface area (Å²) in [5.74, 6) is -0.652. The molecule has 130 valence electrons. The molecule has 1 amide bonds. The van der Waals surface area contributed by atoms with E-state index >= 15 is 0 Å². The van der Waals surface area contributed by atoms with Crippen LogP contribution in [0.2, 0.25) is 0 Å². The highest BCUT2D eigenvalue weighted by Gasteiger charge is 2.31. The summed E-state index contributed by atoms with van der Waals surface area (Å²) in [4.78, 5) is 26.0. The van der Waals surface area contributed by atoms with Crippen molar-refractivity contribution in [3.63, 3.8) is 0 Å². The number of hydrogen-bond donors (Lipinski definition) is 1. The molecule has 0 spiro atoms. The normalized spacial score (nSPS) is 18.8. The van der Waals surface area contributed by atoms with Crippen molar-refractivity contribution < 1.29 is 14.7 Å². The van der Waals surface area contributed by atoms with Gasteiger partial charge in [-0.3, -0.25) is 9.48 Å². The van der Waals surface area contributed by atoms with Gasteiger partial charge >= 0.3 is 5.97 Å². The summed E-state index contributed by atoms with van der Waals surface area (Å²) in [6.45, 7) is 0.969. The van der Waals surface area contributed by atoms with Crippen molar-refractivity contribution in [2.45, 2.75) is 38.1 Å². The standard InChI is InChI=1S/C19H21N3O3/c1-21-16-8-9-22(11-15(16)18(20-21)19(24)25)17(23)10-13-7-6-12-4-2-3-5-14(12)13/h2-5,13H,6-11H2,1H3,(H,24,25). The third kappa shape index (κ3) is 2.71. The molecule has 1 atom stereocenters. The van der Waals surface area contributed by atoms with Crippen LogP contribution in [-0.4, -0.2) is 38.2 Å². The van der Waals surface area contributed by atoms with Crippen molar-refractivity contribution in [2.24, 2.45) is 7.05 Å². The van der Waals surface area contributed by atoms with Gasteiger partial charge < -0.3 is 10.0 Å². The first-order valence-electron chi connectivity index (χ1n) is 8.68. The van der Waals surface area contributed by atoms with Crippen LogP contribution >= 0.6 is 0 Å². The number of amides is 1. The summed E-state index contributed by atoms with van der Waals surface area (Å²) >= 11 is 0. The second kappa shape index (κ2) is 6.02. The van der Waals surface area contributed by atoms with Crippen LogP contribution in [0.4, 0.5) is 0 Å². The smallest absolute Gasteiger partial charge is 0.356 e. The van der Waals surface area contributed by atoms with E-state index in [2.05, 4.69) is 17.2 Å². The van der Waals surface area contributed by atoms with Gasteiger partial charge in [-0.15, -0.1) is 0 Å². The molecule has 25 heavy (non-hydrogen) atoms. The van der Waals surface area contributed by atoms with Gasteiger partial charge in [-0.05, 0) is 29.9 Å². The molecular formula is C19H21N3O3. The summed E-state index contributed by atoms with van der Waals surface area (Å²) in [5.41, 5.74) is 4.32. The van der Waals surface area contributed by atoms with Gasteiger partial charge in [0.2, 0.25) is 5.91 Å². The highest BCUT2D eigenvalue weighted by Crippen LogP contribution is 2.36. The van der Waals surface area contributed by atoms with Crippen LogP contribution in [0, 0.1) is 0 Å². The number of carboxylic acid groups (broad SMARTS) is 1. The number of fused-ring (bicyclic) bond motifs is 2. The zero-order valence-electron chi connectivity index (χ0n) is 14.2. The SMILES string of the molecule is Cn1nc(C(=O)O)c2c1CCN(C(=O)CC1CCc3ccccc31)C2. The number of carbonyl (C=O) groups is 2. The Labute approximate surface area is 146 Å². The molecule has 0 radical (unpaired) electrons. The molecule has 0 saturated carbocycles. The number of rotatable bonds is 3. The molecule has 4 rings (SSSR count). The third-order valence-electron chi connectivity index (χ3n) is 5.48. The number of aromatic carboxylic acids is 1. The number of benzene rings is 1. The lowest BCUT2D eigenvalue weighted by Gasteiger charge is -2.28. The Balaban J connectivity index is 1.51. The minimum atomic E-state index is -1.03. The first-order valence-corrected chi connectivity index (χ1v) is 8.68. The molecule has 0 bridgehead atoms. The fraction of sp³-hybridized carbons (Fsp3) is 0.421. The number of aromatic nitrogens is 2. The lowest BCUT2D eigenvalue weighted by molar-refractivity contribution is -0.132. The molecule has 2 aliphatic rings. The molecule has 1 aliphatic carbocycles. The summed E-state index contributed by atoms with van der Waals surface area (Å²) < 4.78 is 1.63. The Morgan fingerprint density at radius 3 is 2.88 bits per heavy atom. The minimum Gasteiger partial charge on any atom is -0.476 e. The van der Waals surface area contributed by atoms with E-state index in [0.717, 1.165) is 18.5 Å². The van der Waals surface area contributed by atoms with E-state index in [1.165, 1.54) is 11.1 Å². The van der Waals surface area contributed by atoms with Gasteiger partial charge in [0.05, 0.1) is 0 Å². The zero-order chi connectivity index (χ0) is 17.6. The topological polar surface area (TPSA) is 75.4 Å². The average molecular weight is 339 g/mol. The lowest BCUT2D eigenvalue weighted by Crippen LogP contribution is -2.37. The second-order valence-electron chi connectivity index (χ2n) is 6.91. The minimum absolute atomic E-state index is 0.0706. The fourth-order valence-electron chi connectivity index (χ4n) is 4.17. The van der Waals surface area contributed by atoms with E-state index in [0.29, 0.717) is 31.5 Å². The van der Waals surface area contributed by atoms with Crippen LogP contribution in [0.15, 0.2) is 24.3 Å². The summed E-state index contributed by atoms with van der Waals surface area (Å²) in [6.07, 6.45) is 3.19. The second-order valence-corrected chi connectivity index (χ2v) is 6.91. The summed E-state index contributed by atoms with van der Waals surface area (Å²) in [7, 11) is 1.76. The van der Waals surface area contributed by atoms with Crippen molar-refractivity contribution in [1.82, 2.24) is 14.7 Å². The predicted molar refractivity (Wildman–Crippen MR) is 91.4 cm³/mol. The van der Waals surface area contributed by atoms with E-state index in [1.54, 1.807) is 16.6 Å². The molecule has 6 heteroatoms. The van der Waals surface area contributed by atoms with Gasteiger partial charge in [-0.2, -0.15) is 5.10 Å². The monoisotopic (exact) mass is 339 g/mol. The molecular weight excluding hydrogens is 318 g/mol. The number of carbonyl (C=O) groups excluding carboxylic acids is 1. The number of hydrogen-bond acceptors (Lipinski definition) is 3. The molecule has 1 N–H and O–H groups in total. The molecule has 2 aromatic rings. The van der Waals surface area contributed by atoms with E-state index in [-0.39, 0.29) is 17.5 Å². The molecule has 1 aromatic heterocycles. The molecule has 0 saturated heterocycles. The zero-order valence-corrected chi connectivity index (χ0v) is 14.2. The maximum Gasteiger partial charge on any atom is 0.356 e. The number of nitrogens with zero attached hydrogens (tertiary/aromatic N) is 3. The van der Waals surface area contributed by atoms with Crippen molar-refractivity contribution in [3.05, 3.63) is 52.3 Å². The van der Waals surface area contributed by atoms with Crippen molar-refractivity contribution in [1.29, 1.82) is 0 Å². The van der Waals surface area contributed by atoms with E-state index in [1.807, 2.05) is 12.1 Å². The van der Waals surface area contributed by atoms with Crippen molar-refractivity contribution >= 4 is 11.9 Å². The molecule has 1 unspecified atom stereocenters. The maximum atomic E-state index is 12.8. The van der Waals surface area contributed by atoms with Gasteiger partial charge in [0, 0.05) is 44.2 Å². The van der Waals surface area contributed by atoms with Crippen LogP contribution in [0.25, 0.3) is 0 Å². The third-order valence-corrected chi connectivity index (χ3v) is 5.48. The van der Waals surface area contributed by atoms with Crippen molar-refractivity contribution in [2.75, 3.05) is 6.54 Å². The van der Waals surface area contributed by atoms with Gasteiger partial charge in [0.1, 0.15) is 0 Å². The first kappa shape index (κ1) is 15.9. The summed E-state index contributed by atoms with van der Waals surface area (Å²) in [6, 6.07) is 8.34. The fourth-order valence-corrected chi connectivity index (χ4v) is 4.17. The quantitative estimate of drug-likeness (QED) is 0.929. The van der Waals surface area contributed by atoms with Crippen LogP contribution in [0.1, 0.15) is 51.6 Å². The lowest BCUT2D eigenvalue weighted by atomic mass is 9.96. The van der Waals surface area contributed by atoms with Gasteiger partial charge in [0.15, 0.2) is 5.69 Å². The van der Waals surface area contributed by atoms with Gasteiger partial charge in [-0.25, -0.2) is 4.79 Å². The summed E-state index contributed by atoms with van der Waals surface area (Å²) in [5, 5.41) is 13.4. The molecule has 1 aliphatic heterocycles. The van der Waals surface area contributed by atoms with E-state index in [4.69, 9.17) is 0 Å². The Morgan fingerprint density at radius 2 is 2.08 bits per heavy atom. The maximum absolute atomic E-state index is 12.8. The van der Waals surface area contributed by atoms with Crippen molar-refractivity contribution in [3.8, 4) is 0 Å².